The first kappa shape index (κ1) is 43.3. The van der Waals surface area contributed by atoms with Gasteiger partial charge in [0.15, 0.2) is 6.10 Å². The van der Waals surface area contributed by atoms with Crippen LogP contribution in [0, 0.1) is 35.5 Å². The molecule has 0 aromatic rings. The van der Waals surface area contributed by atoms with Crippen LogP contribution in [0.5, 0.6) is 0 Å². The molecule has 206 valence electrons. The normalized spacial score (nSPS) is 9.86. The first-order valence-electron chi connectivity index (χ1n) is 11.2. The van der Waals surface area contributed by atoms with Crippen molar-refractivity contribution in [2.24, 2.45) is 5.73 Å². The molecule has 1 atom stereocenters. The molecule has 0 radical (unpaired) electrons. The van der Waals surface area contributed by atoms with Gasteiger partial charge >= 0.3 is 71.1 Å². The van der Waals surface area contributed by atoms with E-state index in [1.54, 1.807) is 6.92 Å². The number of rotatable bonds is 15. The molecule has 10 nitrogen and oxygen atoms in total. The summed E-state index contributed by atoms with van der Waals surface area (Å²) >= 11 is 0. The van der Waals surface area contributed by atoms with E-state index in [4.69, 9.17) is 9.47 Å². The third-order valence-electron chi connectivity index (χ3n) is 3.83. The van der Waals surface area contributed by atoms with Crippen LogP contribution in [-0.4, -0.2) is 37.2 Å². The maximum absolute atomic E-state index is 12.0. The number of ether oxygens (including phenoxy) is 2. The molecule has 0 aliphatic heterocycles. The monoisotopic (exact) mass is 567 g/mol. The largest absolute Gasteiger partial charge is 1.00 e. The molecule has 0 aliphatic rings. The third kappa shape index (κ3) is 39.9. The minimum atomic E-state index is -5.27. The molecule has 2 N–H and O–H groups in total. The second kappa shape index (κ2) is 29.8. The van der Waals surface area contributed by atoms with Crippen molar-refractivity contribution < 1.29 is 109 Å². The molecule has 0 heterocycles. The Bertz CT molecular complexity index is 892. The zero-order chi connectivity index (χ0) is 27.0. The summed E-state index contributed by atoms with van der Waals surface area (Å²) in [6.45, 7) is 3.79. The zero-order valence-electron chi connectivity index (χ0n) is 22.6. The summed E-state index contributed by atoms with van der Waals surface area (Å²) in [6, 6.07) is 0. The molecule has 0 saturated heterocycles. The molecule has 0 aromatic heterocycles. The van der Waals surface area contributed by atoms with Gasteiger partial charge < -0.3 is 34.1 Å². The van der Waals surface area contributed by atoms with Gasteiger partial charge in [0.2, 0.25) is 5.91 Å². The molecule has 0 fully saturated rings. The molecule has 0 aromatic carbocycles. The molecule has 0 aliphatic carbocycles. The Morgan fingerprint density at radius 1 is 0.919 bits per heavy atom. The number of carbonyl (C=O) groups excluding carboxylic acids is 3. The summed E-state index contributed by atoms with van der Waals surface area (Å²) in [6.07, 6.45) is 7.29. The number of esters is 2. The maximum Gasteiger partial charge on any atom is 1.00 e. The van der Waals surface area contributed by atoms with E-state index in [1.807, 2.05) is 0 Å². The van der Waals surface area contributed by atoms with E-state index in [0.717, 1.165) is 19.3 Å². The van der Waals surface area contributed by atoms with Crippen molar-refractivity contribution in [2.45, 2.75) is 84.7 Å². The van der Waals surface area contributed by atoms with Crippen molar-refractivity contribution >= 4 is 25.7 Å². The quantitative estimate of drug-likeness (QED) is 0.0529. The Morgan fingerprint density at radius 3 is 1.95 bits per heavy atom. The summed E-state index contributed by atoms with van der Waals surface area (Å²) in [5.74, 6) is 12.1. The second-order valence-electron chi connectivity index (χ2n) is 7.16. The van der Waals surface area contributed by atoms with Gasteiger partial charge in [-0.05, 0) is 37.0 Å². The van der Waals surface area contributed by atoms with Crippen LogP contribution >= 0.6 is 7.82 Å². The predicted molar refractivity (Wildman–Crippen MR) is 136 cm³/mol. The minimum absolute atomic E-state index is 0. The molecular formula is C24H44NNa2O9P. The fourth-order valence-electron chi connectivity index (χ4n) is 2.35. The smallest absolute Gasteiger partial charge is 0.790 e. The molecule has 0 rings (SSSR count). The van der Waals surface area contributed by atoms with Gasteiger partial charge in [0.05, 0.1) is 14.4 Å². The second-order valence-corrected chi connectivity index (χ2v) is 8.32. The fraction of sp³-hybridized carbons (Fsp3) is 0.625. The summed E-state index contributed by atoms with van der Waals surface area (Å²) in [4.78, 5) is 54.1. The topological polar surface area (TPSA) is 168 Å². The van der Waals surface area contributed by atoms with Gasteiger partial charge in [0.25, 0.3) is 0 Å². The summed E-state index contributed by atoms with van der Waals surface area (Å²) in [7, 11) is -5.27. The number of amides is 1. The number of phosphoric acid groups is 1. The van der Waals surface area contributed by atoms with E-state index in [-0.39, 0.29) is 78.6 Å². The van der Waals surface area contributed by atoms with Gasteiger partial charge in [-0.25, -0.2) is 4.79 Å². The number of hydrogen-bond donors (Lipinski definition) is 1. The van der Waals surface area contributed by atoms with Gasteiger partial charge in [-0.15, -0.1) is 0 Å². The number of primary amides is 1. The Labute approximate surface area is 272 Å². The molecular weight excluding hydrogens is 523 g/mol. The molecule has 1 amide bonds. The van der Waals surface area contributed by atoms with Gasteiger partial charge in [-0.3, -0.25) is 9.59 Å². The Morgan fingerprint density at radius 2 is 1.43 bits per heavy atom. The van der Waals surface area contributed by atoms with E-state index in [0.29, 0.717) is 6.42 Å². The Kier molecular flexibility index (Phi) is 34.8. The molecule has 0 unspecified atom stereocenters. The van der Waals surface area contributed by atoms with Gasteiger partial charge in [-0.2, -0.15) is 0 Å². The van der Waals surface area contributed by atoms with Crippen LogP contribution in [0.15, 0.2) is 0 Å². The fourth-order valence-corrected chi connectivity index (χ4v) is 2.70. The zero-order valence-corrected chi connectivity index (χ0v) is 27.4. The molecule has 0 bridgehead atoms. The summed E-state index contributed by atoms with van der Waals surface area (Å²) in [5, 5.41) is 0. The standard InChI is InChI=1S/C22H31O8P.C2H5NO.2Na.5H2/c1-3-5-7-9-10-11-13-15-17-22(24)30-20(19-29-31(25,26)27)18-28-21(23)16-14-12-8-6-4-2;1-2(3)4;;;;;;;/h20H,3,5,7,9-11,13,15,17-19H2,1-2H3,(H2,25,26,27);1H3,(H2,3,4);;;5*1H/q;;2*+1;;;;;/p-2/t20-;;;;;;;;/m1......../s1. The number of hydrogen-bond acceptors (Lipinski definition) is 9. The van der Waals surface area contributed by atoms with Crippen LogP contribution in [-0.2, 0) is 32.9 Å². The van der Waals surface area contributed by atoms with Crippen LogP contribution in [0.25, 0.3) is 0 Å². The Balaban J connectivity index is -0.000000132. The van der Waals surface area contributed by atoms with Crippen molar-refractivity contribution in [3.05, 3.63) is 0 Å². The summed E-state index contributed by atoms with van der Waals surface area (Å²) in [5.41, 5.74) is 4.47. The van der Waals surface area contributed by atoms with Crippen molar-refractivity contribution in [2.75, 3.05) is 13.2 Å². The first-order valence-corrected chi connectivity index (χ1v) is 12.7. The van der Waals surface area contributed by atoms with E-state index in [1.165, 1.54) is 32.6 Å². The average molecular weight is 568 g/mol. The van der Waals surface area contributed by atoms with Crippen molar-refractivity contribution in [1.29, 1.82) is 0 Å². The van der Waals surface area contributed by atoms with Crippen LogP contribution in [0.2, 0.25) is 0 Å². The molecule has 0 spiro atoms. The van der Waals surface area contributed by atoms with E-state index in [2.05, 4.69) is 52.7 Å². The van der Waals surface area contributed by atoms with E-state index in [9.17, 15) is 28.7 Å². The van der Waals surface area contributed by atoms with Crippen LogP contribution in [0.1, 0.15) is 85.7 Å². The number of carbonyl (C=O) groups is 3. The number of unbranched alkanes of at least 4 members (excludes halogenated alkanes) is 7. The maximum atomic E-state index is 12.0. The molecule has 13 heteroatoms. The van der Waals surface area contributed by atoms with Crippen LogP contribution in [0.3, 0.4) is 0 Å². The average Bonchev–Trinajstić information content (AvgIpc) is 2.76. The van der Waals surface area contributed by atoms with E-state index >= 15 is 0 Å². The predicted octanol–water partition coefficient (Wildman–Crippen LogP) is -3.42. The third-order valence-corrected chi connectivity index (χ3v) is 4.29. The van der Waals surface area contributed by atoms with Crippen molar-refractivity contribution in [1.82, 2.24) is 0 Å². The molecule has 0 saturated carbocycles. The SMILES string of the molecule is CC#CC#CC#CC(=O)OC[C@H](COP(=O)([O-])[O-])OC(=O)CCCCCCCCCC.CC(N)=O.[HH].[HH].[HH].[HH].[HH].[Na+].[Na+]. The van der Waals surface area contributed by atoms with Crippen LogP contribution in [0.4, 0.5) is 0 Å². The molecule has 37 heavy (non-hydrogen) atoms. The minimum Gasteiger partial charge on any atom is -0.790 e. The number of phosphoric ester groups is 1. The first-order chi connectivity index (χ1) is 16.5. The van der Waals surface area contributed by atoms with Crippen LogP contribution < -0.4 is 74.6 Å². The van der Waals surface area contributed by atoms with E-state index < -0.39 is 39.1 Å². The van der Waals surface area contributed by atoms with Gasteiger partial charge in [0, 0.05) is 26.4 Å². The van der Waals surface area contributed by atoms with Gasteiger partial charge in [0.1, 0.15) is 6.61 Å². The van der Waals surface area contributed by atoms with Crippen molar-refractivity contribution in [3.8, 4) is 35.5 Å². The van der Waals surface area contributed by atoms with Crippen molar-refractivity contribution in [3.63, 3.8) is 0 Å². The Hall–Kier alpha value is -0.800. The summed E-state index contributed by atoms with van der Waals surface area (Å²) < 4.78 is 24.7. The number of nitrogens with two attached hydrogens (primary N) is 1. The van der Waals surface area contributed by atoms with Gasteiger partial charge in [-0.1, -0.05) is 57.8 Å².